The van der Waals surface area contributed by atoms with Crippen LogP contribution in [0, 0.1) is 6.92 Å². The van der Waals surface area contributed by atoms with Gasteiger partial charge in [0, 0.05) is 17.0 Å². The van der Waals surface area contributed by atoms with Crippen LogP contribution in [-0.2, 0) is 9.47 Å². The van der Waals surface area contributed by atoms with Crippen LogP contribution in [0.25, 0.3) is 16.5 Å². The molecule has 2 aromatic carbocycles. The van der Waals surface area contributed by atoms with Crippen molar-refractivity contribution in [2.75, 3.05) is 13.2 Å². The molecule has 0 fully saturated rings. The van der Waals surface area contributed by atoms with E-state index < -0.39 is 17.5 Å². The van der Waals surface area contributed by atoms with Gasteiger partial charge in [0.05, 0.1) is 35.7 Å². The second-order valence-corrected chi connectivity index (χ2v) is 8.56. The summed E-state index contributed by atoms with van der Waals surface area (Å²) >= 11 is 1.07. The SMILES string of the molecule is CCOC(=O)c1ccc(-n2c(O)c(C=Nc3nc(C)c(C(=O)OCC)s3)c3ccccc3c2=O)cc1. The van der Waals surface area contributed by atoms with Gasteiger partial charge in [-0.3, -0.25) is 4.79 Å². The van der Waals surface area contributed by atoms with Crippen molar-refractivity contribution in [1.82, 2.24) is 9.55 Å². The zero-order valence-electron chi connectivity index (χ0n) is 19.8. The predicted octanol–water partition coefficient (Wildman–Crippen LogP) is 4.57. The maximum Gasteiger partial charge on any atom is 0.350 e. The van der Waals surface area contributed by atoms with E-state index in [-0.39, 0.29) is 19.1 Å². The van der Waals surface area contributed by atoms with Crippen LogP contribution in [0.2, 0.25) is 0 Å². The molecule has 4 aromatic rings. The van der Waals surface area contributed by atoms with Gasteiger partial charge in [-0.2, -0.15) is 0 Å². The predicted molar refractivity (Wildman–Crippen MR) is 137 cm³/mol. The van der Waals surface area contributed by atoms with E-state index in [0.29, 0.717) is 43.3 Å². The molecule has 0 atom stereocenters. The number of carbonyl (C=O) groups is 2. The second kappa shape index (κ2) is 10.5. The van der Waals surface area contributed by atoms with Crippen molar-refractivity contribution < 1.29 is 24.2 Å². The minimum atomic E-state index is -0.479. The van der Waals surface area contributed by atoms with Crippen LogP contribution >= 0.6 is 11.3 Å². The van der Waals surface area contributed by atoms with E-state index in [1.807, 2.05) is 0 Å². The number of esters is 2. The van der Waals surface area contributed by atoms with Crippen molar-refractivity contribution in [3.05, 3.63) is 80.6 Å². The van der Waals surface area contributed by atoms with E-state index in [0.717, 1.165) is 15.9 Å². The molecule has 2 aromatic heterocycles. The third-order valence-electron chi connectivity index (χ3n) is 5.29. The number of thiazole rings is 1. The van der Waals surface area contributed by atoms with Gasteiger partial charge in [-0.15, -0.1) is 0 Å². The zero-order valence-corrected chi connectivity index (χ0v) is 20.7. The lowest BCUT2D eigenvalue weighted by Crippen LogP contribution is -2.20. The van der Waals surface area contributed by atoms with Gasteiger partial charge in [0.25, 0.3) is 5.56 Å². The summed E-state index contributed by atoms with van der Waals surface area (Å²) in [6.45, 7) is 5.62. The molecule has 0 spiro atoms. The van der Waals surface area contributed by atoms with Crippen molar-refractivity contribution in [2.45, 2.75) is 20.8 Å². The quantitative estimate of drug-likeness (QED) is 0.289. The summed E-state index contributed by atoms with van der Waals surface area (Å²) in [5.74, 6) is -1.28. The lowest BCUT2D eigenvalue weighted by Gasteiger charge is -2.14. The molecule has 10 heteroatoms. The lowest BCUT2D eigenvalue weighted by molar-refractivity contribution is 0.0518. The van der Waals surface area contributed by atoms with Crippen LogP contribution in [0.5, 0.6) is 5.88 Å². The van der Waals surface area contributed by atoms with E-state index in [4.69, 9.17) is 9.47 Å². The van der Waals surface area contributed by atoms with Crippen molar-refractivity contribution in [3.63, 3.8) is 0 Å². The molecule has 4 rings (SSSR count). The third kappa shape index (κ3) is 4.76. The van der Waals surface area contributed by atoms with Crippen molar-refractivity contribution in [1.29, 1.82) is 0 Å². The molecule has 0 saturated heterocycles. The second-order valence-electron chi connectivity index (χ2n) is 7.58. The molecule has 0 saturated carbocycles. The molecule has 0 unspecified atom stereocenters. The number of fused-ring (bicyclic) bond motifs is 1. The number of ether oxygens (including phenoxy) is 2. The van der Waals surface area contributed by atoms with E-state index in [1.165, 1.54) is 18.3 Å². The van der Waals surface area contributed by atoms with Gasteiger partial charge in [0.1, 0.15) is 4.88 Å². The molecule has 9 nitrogen and oxygen atoms in total. The molecular formula is C26H23N3O6S. The molecule has 184 valence electrons. The smallest absolute Gasteiger partial charge is 0.350 e. The maximum atomic E-state index is 13.3. The van der Waals surface area contributed by atoms with E-state index in [9.17, 15) is 19.5 Å². The highest BCUT2D eigenvalue weighted by Gasteiger charge is 2.19. The van der Waals surface area contributed by atoms with Crippen molar-refractivity contribution in [3.8, 4) is 11.6 Å². The Hall–Kier alpha value is -4.31. The molecule has 1 N–H and O–H groups in total. The average molecular weight is 506 g/mol. The standard InChI is InChI=1S/C26H23N3O6S/c1-4-34-24(32)16-10-12-17(13-11-16)29-22(30)19-9-7-6-8-18(19)20(23(29)31)14-27-26-28-15(3)21(36-26)25(33)35-5-2/h6-14,31H,4-5H2,1-3H3. The maximum absolute atomic E-state index is 13.3. The van der Waals surface area contributed by atoms with Crippen LogP contribution < -0.4 is 5.56 Å². The molecule has 2 heterocycles. The van der Waals surface area contributed by atoms with E-state index >= 15 is 0 Å². The normalized spacial score (nSPS) is 11.2. The van der Waals surface area contributed by atoms with Gasteiger partial charge in [0.15, 0.2) is 0 Å². The first-order valence-corrected chi connectivity index (χ1v) is 12.0. The van der Waals surface area contributed by atoms with Gasteiger partial charge in [-0.1, -0.05) is 29.5 Å². The first-order chi connectivity index (χ1) is 17.3. The van der Waals surface area contributed by atoms with Crippen molar-refractivity contribution in [2.24, 2.45) is 4.99 Å². The number of hydrogen-bond donors (Lipinski definition) is 1. The molecule has 0 aliphatic rings. The summed E-state index contributed by atoms with van der Waals surface area (Å²) < 4.78 is 11.2. The van der Waals surface area contributed by atoms with Gasteiger partial charge in [-0.25, -0.2) is 24.1 Å². The first kappa shape index (κ1) is 24.8. The Labute approximate surface area is 210 Å². The summed E-state index contributed by atoms with van der Waals surface area (Å²) in [6.07, 6.45) is 1.41. The molecular weight excluding hydrogens is 482 g/mol. The number of aromatic nitrogens is 2. The number of aliphatic imine (C=N–C) groups is 1. The Kier molecular flexibility index (Phi) is 7.25. The van der Waals surface area contributed by atoms with E-state index in [2.05, 4.69) is 9.98 Å². The van der Waals surface area contributed by atoms with Gasteiger partial charge in [0.2, 0.25) is 11.0 Å². The fraction of sp³-hybridized carbons (Fsp3) is 0.192. The highest BCUT2D eigenvalue weighted by molar-refractivity contribution is 7.17. The fourth-order valence-corrected chi connectivity index (χ4v) is 4.44. The van der Waals surface area contributed by atoms with Crippen LogP contribution in [0.15, 0.2) is 58.3 Å². The Morgan fingerprint density at radius 2 is 1.67 bits per heavy atom. The summed E-state index contributed by atoms with van der Waals surface area (Å²) in [5.41, 5.74) is 1.04. The number of aromatic hydroxyl groups is 1. The monoisotopic (exact) mass is 505 g/mol. The molecule has 0 aliphatic heterocycles. The first-order valence-electron chi connectivity index (χ1n) is 11.2. The number of aryl methyl sites for hydroxylation is 1. The minimum absolute atomic E-state index is 0.244. The highest BCUT2D eigenvalue weighted by Crippen LogP contribution is 2.29. The zero-order chi connectivity index (χ0) is 25.8. The number of nitrogens with zero attached hydrogens (tertiary/aromatic N) is 3. The summed E-state index contributed by atoms with van der Waals surface area (Å²) in [4.78, 5) is 46.4. The molecule has 0 bridgehead atoms. The number of hydrogen-bond acceptors (Lipinski definition) is 9. The van der Waals surface area contributed by atoms with Crippen LogP contribution in [-0.4, -0.2) is 46.0 Å². The van der Waals surface area contributed by atoms with Crippen molar-refractivity contribution >= 4 is 45.4 Å². The number of rotatable bonds is 7. The van der Waals surface area contributed by atoms with Gasteiger partial charge in [-0.05, 0) is 51.1 Å². The van der Waals surface area contributed by atoms with Gasteiger partial charge >= 0.3 is 11.9 Å². The molecule has 0 amide bonds. The Morgan fingerprint density at radius 1 is 1.03 bits per heavy atom. The van der Waals surface area contributed by atoms with Crippen LogP contribution in [0.4, 0.5) is 5.13 Å². The Balaban J connectivity index is 1.81. The largest absolute Gasteiger partial charge is 0.494 e. The molecule has 0 radical (unpaired) electrons. The molecule has 36 heavy (non-hydrogen) atoms. The number of carbonyl (C=O) groups excluding carboxylic acids is 2. The van der Waals surface area contributed by atoms with Crippen LogP contribution in [0.3, 0.4) is 0 Å². The summed E-state index contributed by atoms with van der Waals surface area (Å²) in [5, 5.41) is 12.3. The topological polar surface area (TPSA) is 120 Å². The number of pyridine rings is 1. The summed E-state index contributed by atoms with van der Waals surface area (Å²) in [7, 11) is 0. The van der Waals surface area contributed by atoms with Gasteiger partial charge < -0.3 is 14.6 Å². The van der Waals surface area contributed by atoms with E-state index in [1.54, 1.807) is 57.2 Å². The summed E-state index contributed by atoms with van der Waals surface area (Å²) in [6, 6.07) is 13.0. The lowest BCUT2D eigenvalue weighted by atomic mass is 10.1. The fourth-order valence-electron chi connectivity index (χ4n) is 3.63. The number of benzene rings is 2. The molecule has 0 aliphatic carbocycles. The van der Waals surface area contributed by atoms with Crippen LogP contribution in [0.1, 0.15) is 45.1 Å². The Morgan fingerprint density at radius 3 is 2.33 bits per heavy atom. The Bertz CT molecular complexity index is 1540. The minimum Gasteiger partial charge on any atom is -0.494 e. The third-order valence-corrected chi connectivity index (χ3v) is 6.34. The average Bonchev–Trinajstić information content (AvgIpc) is 3.25. The highest BCUT2D eigenvalue weighted by atomic mass is 32.1.